The van der Waals surface area contributed by atoms with E-state index in [2.05, 4.69) is 15.6 Å². The molecule has 2 aromatic carbocycles. The number of methoxy groups -OCH3 is 1. The summed E-state index contributed by atoms with van der Waals surface area (Å²) in [5, 5.41) is 6.21. The molecule has 0 aliphatic rings. The van der Waals surface area contributed by atoms with Crippen molar-refractivity contribution in [3.8, 4) is 5.75 Å². The largest absolute Gasteiger partial charge is 0.497 e. The second-order valence-corrected chi connectivity index (χ2v) is 5.42. The van der Waals surface area contributed by atoms with Crippen LogP contribution in [0.4, 0.5) is 8.78 Å². The molecule has 0 saturated carbocycles. The molecule has 0 unspecified atom stereocenters. The zero-order valence-corrected chi connectivity index (χ0v) is 14.5. The molecule has 2 aromatic rings. The molecular formula is C19H23F2N3O. The fraction of sp³-hybridized carbons (Fsp3) is 0.316. The summed E-state index contributed by atoms with van der Waals surface area (Å²) in [4.78, 5) is 4.48. The van der Waals surface area contributed by atoms with Crippen molar-refractivity contribution in [3.05, 3.63) is 65.2 Å². The third-order valence-corrected chi connectivity index (χ3v) is 3.65. The topological polar surface area (TPSA) is 45.7 Å². The fourth-order valence-electron chi connectivity index (χ4n) is 2.32. The van der Waals surface area contributed by atoms with E-state index in [-0.39, 0.29) is 12.0 Å². The van der Waals surface area contributed by atoms with E-state index in [0.29, 0.717) is 25.6 Å². The van der Waals surface area contributed by atoms with Gasteiger partial charge in [0.1, 0.15) is 17.4 Å². The lowest BCUT2D eigenvalue weighted by Gasteiger charge is -2.12. The first kappa shape index (κ1) is 18.7. The van der Waals surface area contributed by atoms with Crippen molar-refractivity contribution in [1.82, 2.24) is 10.6 Å². The van der Waals surface area contributed by atoms with E-state index in [1.807, 2.05) is 31.2 Å². The zero-order chi connectivity index (χ0) is 18.1. The molecule has 6 heteroatoms. The van der Waals surface area contributed by atoms with Gasteiger partial charge in [-0.1, -0.05) is 18.2 Å². The van der Waals surface area contributed by atoms with Gasteiger partial charge < -0.3 is 15.4 Å². The number of hydrogen-bond donors (Lipinski definition) is 2. The first-order valence-electron chi connectivity index (χ1n) is 8.22. The van der Waals surface area contributed by atoms with Crippen molar-refractivity contribution < 1.29 is 13.5 Å². The van der Waals surface area contributed by atoms with Crippen LogP contribution in [0.2, 0.25) is 0 Å². The second-order valence-electron chi connectivity index (χ2n) is 5.42. The molecule has 0 aliphatic heterocycles. The van der Waals surface area contributed by atoms with Crippen LogP contribution in [0.3, 0.4) is 0 Å². The van der Waals surface area contributed by atoms with Gasteiger partial charge in [0.15, 0.2) is 5.96 Å². The summed E-state index contributed by atoms with van der Waals surface area (Å²) in [5.41, 5.74) is 1.12. The highest BCUT2D eigenvalue weighted by molar-refractivity contribution is 5.79. The minimum atomic E-state index is -0.526. The molecule has 25 heavy (non-hydrogen) atoms. The van der Waals surface area contributed by atoms with Gasteiger partial charge in [-0.3, -0.25) is 0 Å². The summed E-state index contributed by atoms with van der Waals surface area (Å²) in [6.45, 7) is 3.53. The molecule has 0 fully saturated rings. The van der Waals surface area contributed by atoms with E-state index in [0.717, 1.165) is 11.3 Å². The van der Waals surface area contributed by atoms with Gasteiger partial charge in [-0.25, -0.2) is 13.8 Å². The van der Waals surface area contributed by atoms with Crippen LogP contribution in [0.25, 0.3) is 0 Å². The Hall–Kier alpha value is -2.63. The van der Waals surface area contributed by atoms with Crippen molar-refractivity contribution in [2.24, 2.45) is 4.99 Å². The van der Waals surface area contributed by atoms with Gasteiger partial charge in [-0.2, -0.15) is 0 Å². The second kappa shape index (κ2) is 9.61. The quantitative estimate of drug-likeness (QED) is 0.597. The van der Waals surface area contributed by atoms with Crippen LogP contribution in [0, 0.1) is 11.6 Å². The lowest BCUT2D eigenvalue weighted by atomic mass is 10.1. The van der Waals surface area contributed by atoms with Gasteiger partial charge in [0.25, 0.3) is 0 Å². The number of hydrogen-bond acceptors (Lipinski definition) is 2. The van der Waals surface area contributed by atoms with E-state index in [9.17, 15) is 8.78 Å². The minimum absolute atomic E-state index is 0.0843. The molecule has 4 nitrogen and oxygen atoms in total. The SMILES string of the molecule is CCNC(=NCc1ccc(OC)cc1)NCCc1c(F)cccc1F. The Balaban J connectivity index is 1.93. The van der Waals surface area contributed by atoms with Gasteiger partial charge >= 0.3 is 0 Å². The van der Waals surface area contributed by atoms with Gasteiger partial charge in [0.2, 0.25) is 0 Å². The molecule has 0 bridgehead atoms. The maximum Gasteiger partial charge on any atom is 0.191 e. The molecule has 0 heterocycles. The minimum Gasteiger partial charge on any atom is -0.497 e. The molecule has 0 radical (unpaired) electrons. The zero-order valence-electron chi connectivity index (χ0n) is 14.5. The van der Waals surface area contributed by atoms with Crippen LogP contribution in [0.1, 0.15) is 18.1 Å². The Labute approximate surface area is 146 Å². The molecule has 0 spiro atoms. The van der Waals surface area contributed by atoms with Crippen molar-refractivity contribution in [3.63, 3.8) is 0 Å². The highest BCUT2D eigenvalue weighted by atomic mass is 19.1. The predicted molar refractivity (Wildman–Crippen MR) is 95.9 cm³/mol. The van der Waals surface area contributed by atoms with Crippen molar-refractivity contribution in [2.45, 2.75) is 19.9 Å². The normalized spacial score (nSPS) is 11.3. The first-order chi connectivity index (χ1) is 12.1. The summed E-state index contributed by atoms with van der Waals surface area (Å²) in [5.74, 6) is 0.351. The Morgan fingerprint density at radius 1 is 1.04 bits per heavy atom. The number of nitrogens with zero attached hydrogens (tertiary/aromatic N) is 1. The van der Waals surface area contributed by atoms with E-state index in [1.54, 1.807) is 7.11 Å². The monoisotopic (exact) mass is 347 g/mol. The van der Waals surface area contributed by atoms with Crippen LogP contribution in [-0.2, 0) is 13.0 Å². The molecule has 0 atom stereocenters. The lowest BCUT2D eigenvalue weighted by Crippen LogP contribution is -2.38. The van der Waals surface area contributed by atoms with E-state index in [1.165, 1.54) is 18.2 Å². The molecular weight excluding hydrogens is 324 g/mol. The Bertz CT molecular complexity index is 682. The number of nitrogens with one attached hydrogen (secondary N) is 2. The smallest absolute Gasteiger partial charge is 0.191 e. The Morgan fingerprint density at radius 3 is 2.32 bits per heavy atom. The molecule has 0 aromatic heterocycles. The fourth-order valence-corrected chi connectivity index (χ4v) is 2.32. The third-order valence-electron chi connectivity index (χ3n) is 3.65. The maximum absolute atomic E-state index is 13.6. The van der Waals surface area contributed by atoms with Crippen LogP contribution in [0.5, 0.6) is 5.75 Å². The standard InChI is InChI=1S/C19H23F2N3O/c1-3-22-19(24-13-14-7-9-15(25-2)10-8-14)23-12-11-16-17(20)5-4-6-18(16)21/h4-10H,3,11-13H2,1-2H3,(H2,22,23,24). The van der Waals surface area contributed by atoms with Crippen molar-refractivity contribution in [2.75, 3.05) is 20.2 Å². The summed E-state index contributed by atoms with van der Waals surface area (Å²) >= 11 is 0. The average Bonchev–Trinajstić information content (AvgIpc) is 2.62. The molecule has 0 saturated heterocycles. The number of aliphatic imine (C=N–C) groups is 1. The summed E-state index contributed by atoms with van der Waals surface area (Å²) < 4.78 is 32.4. The number of benzene rings is 2. The molecule has 0 aliphatic carbocycles. The number of rotatable bonds is 7. The predicted octanol–water partition coefficient (Wildman–Crippen LogP) is 3.27. The summed E-state index contributed by atoms with van der Waals surface area (Å²) in [6.07, 6.45) is 0.242. The highest BCUT2D eigenvalue weighted by Crippen LogP contribution is 2.13. The molecule has 0 amide bonds. The summed E-state index contributed by atoms with van der Waals surface area (Å²) in [6, 6.07) is 11.5. The highest BCUT2D eigenvalue weighted by Gasteiger charge is 2.08. The van der Waals surface area contributed by atoms with Gasteiger partial charge in [-0.05, 0) is 43.2 Å². The van der Waals surface area contributed by atoms with Gasteiger partial charge in [0.05, 0.1) is 13.7 Å². The Kier molecular flexibility index (Phi) is 7.19. The molecule has 134 valence electrons. The van der Waals surface area contributed by atoms with Crippen LogP contribution in [-0.4, -0.2) is 26.2 Å². The van der Waals surface area contributed by atoms with Crippen LogP contribution in [0.15, 0.2) is 47.5 Å². The lowest BCUT2D eigenvalue weighted by molar-refractivity contribution is 0.414. The Morgan fingerprint density at radius 2 is 1.72 bits per heavy atom. The van der Waals surface area contributed by atoms with Crippen molar-refractivity contribution >= 4 is 5.96 Å². The van der Waals surface area contributed by atoms with Crippen LogP contribution < -0.4 is 15.4 Å². The average molecular weight is 347 g/mol. The van der Waals surface area contributed by atoms with E-state index >= 15 is 0 Å². The van der Waals surface area contributed by atoms with E-state index < -0.39 is 11.6 Å². The maximum atomic E-state index is 13.6. The van der Waals surface area contributed by atoms with E-state index in [4.69, 9.17) is 4.74 Å². The number of guanidine groups is 1. The van der Waals surface area contributed by atoms with Gasteiger partial charge in [0, 0.05) is 18.7 Å². The van der Waals surface area contributed by atoms with Gasteiger partial charge in [-0.15, -0.1) is 0 Å². The first-order valence-corrected chi connectivity index (χ1v) is 8.22. The molecule has 2 rings (SSSR count). The third kappa shape index (κ3) is 5.74. The molecule has 2 N–H and O–H groups in total. The van der Waals surface area contributed by atoms with Crippen LogP contribution >= 0.6 is 0 Å². The van der Waals surface area contributed by atoms with Crippen molar-refractivity contribution in [1.29, 1.82) is 0 Å². The summed E-state index contributed by atoms with van der Waals surface area (Å²) in [7, 11) is 1.62. The number of ether oxygens (including phenoxy) is 1. The number of halogens is 2.